The van der Waals surface area contributed by atoms with Gasteiger partial charge >= 0.3 is 5.97 Å². The smallest absolute Gasteiger partial charge is 0.313 e. The van der Waals surface area contributed by atoms with Crippen molar-refractivity contribution in [2.45, 2.75) is 12.3 Å². The van der Waals surface area contributed by atoms with Crippen molar-refractivity contribution in [3.63, 3.8) is 0 Å². The summed E-state index contributed by atoms with van der Waals surface area (Å²) in [5.41, 5.74) is 1.43. The Kier molecular flexibility index (Phi) is 4.04. The molecule has 4 nitrogen and oxygen atoms in total. The molecule has 0 aliphatic carbocycles. The predicted molar refractivity (Wildman–Crippen MR) is 70.3 cm³/mol. The fourth-order valence-electron chi connectivity index (χ4n) is 1.67. The van der Waals surface area contributed by atoms with Crippen LogP contribution in [0.3, 0.4) is 0 Å². The van der Waals surface area contributed by atoms with E-state index in [0.717, 1.165) is 10.0 Å². The zero-order valence-electron chi connectivity index (χ0n) is 9.45. The van der Waals surface area contributed by atoms with E-state index in [0.29, 0.717) is 12.1 Å². The number of nitrogens with zero attached hydrogens (tertiary/aromatic N) is 2. The highest BCUT2D eigenvalue weighted by atomic mass is 79.9. The van der Waals surface area contributed by atoms with E-state index in [2.05, 4.69) is 26.1 Å². The van der Waals surface area contributed by atoms with Crippen LogP contribution in [-0.4, -0.2) is 21.3 Å². The van der Waals surface area contributed by atoms with Crippen molar-refractivity contribution in [2.75, 3.05) is 0 Å². The van der Waals surface area contributed by atoms with E-state index in [9.17, 15) is 9.90 Å². The summed E-state index contributed by atoms with van der Waals surface area (Å²) in [4.78, 5) is 11.3. The van der Waals surface area contributed by atoms with Crippen LogP contribution < -0.4 is 0 Å². The first kappa shape index (κ1) is 12.7. The number of hydrogen-bond acceptors (Lipinski definition) is 3. The van der Waals surface area contributed by atoms with Crippen LogP contribution in [0.1, 0.15) is 17.2 Å². The van der Waals surface area contributed by atoms with Crippen LogP contribution in [0.5, 0.6) is 0 Å². The Labute approximate surface area is 113 Å². The average Bonchev–Trinajstić information content (AvgIpc) is 2.38. The molecule has 0 fully saturated rings. The van der Waals surface area contributed by atoms with E-state index in [4.69, 9.17) is 0 Å². The maximum absolute atomic E-state index is 11.3. The summed E-state index contributed by atoms with van der Waals surface area (Å²) in [5.74, 6) is -1.56. The van der Waals surface area contributed by atoms with Gasteiger partial charge in [-0.25, -0.2) is 0 Å². The molecule has 0 bridgehead atoms. The molecule has 0 amide bonds. The number of rotatable bonds is 4. The van der Waals surface area contributed by atoms with Crippen molar-refractivity contribution in [1.29, 1.82) is 0 Å². The topological polar surface area (TPSA) is 63.1 Å². The summed E-state index contributed by atoms with van der Waals surface area (Å²) < 4.78 is 0.970. The second-order valence-electron chi connectivity index (χ2n) is 3.87. The maximum atomic E-state index is 11.3. The van der Waals surface area contributed by atoms with Crippen LogP contribution in [0, 0.1) is 0 Å². The van der Waals surface area contributed by atoms with E-state index in [-0.39, 0.29) is 0 Å². The zero-order valence-corrected chi connectivity index (χ0v) is 11.0. The van der Waals surface area contributed by atoms with E-state index >= 15 is 0 Å². The molecular weight excluding hydrogens is 296 g/mol. The lowest BCUT2D eigenvalue weighted by Crippen LogP contribution is -2.16. The van der Waals surface area contributed by atoms with E-state index < -0.39 is 11.9 Å². The Hall–Kier alpha value is -1.75. The first-order valence-electron chi connectivity index (χ1n) is 5.41. The van der Waals surface area contributed by atoms with Gasteiger partial charge in [0.05, 0.1) is 5.69 Å². The van der Waals surface area contributed by atoms with Gasteiger partial charge in [0.1, 0.15) is 5.92 Å². The number of carboxylic acid groups (broad SMARTS) is 1. The molecule has 0 spiro atoms. The number of carboxylic acids is 1. The summed E-state index contributed by atoms with van der Waals surface area (Å²) >= 11 is 3.35. The first-order chi connectivity index (χ1) is 8.66. The third kappa shape index (κ3) is 3.13. The second kappa shape index (κ2) is 5.73. The van der Waals surface area contributed by atoms with Gasteiger partial charge in [-0.3, -0.25) is 4.79 Å². The minimum Gasteiger partial charge on any atom is -0.481 e. The van der Waals surface area contributed by atoms with Gasteiger partial charge in [-0.1, -0.05) is 28.1 Å². The molecule has 0 saturated heterocycles. The number of carbonyl (C=O) groups is 1. The van der Waals surface area contributed by atoms with Crippen LogP contribution in [0.4, 0.5) is 0 Å². The van der Waals surface area contributed by atoms with Gasteiger partial charge in [-0.05, 0) is 36.2 Å². The highest BCUT2D eigenvalue weighted by molar-refractivity contribution is 9.10. The van der Waals surface area contributed by atoms with Gasteiger partial charge in [-0.2, -0.15) is 10.2 Å². The Balaban J connectivity index is 2.22. The number of aliphatic carboxylic acids is 1. The largest absolute Gasteiger partial charge is 0.481 e. The molecule has 1 N–H and O–H groups in total. The highest BCUT2D eigenvalue weighted by Gasteiger charge is 2.21. The SMILES string of the molecule is O=C(O)C(Cc1ccc(Br)cc1)c1cccnn1. The van der Waals surface area contributed by atoms with Crippen LogP contribution in [-0.2, 0) is 11.2 Å². The number of hydrogen-bond donors (Lipinski definition) is 1. The van der Waals surface area contributed by atoms with Crippen LogP contribution in [0.2, 0.25) is 0 Å². The fourth-order valence-corrected chi connectivity index (χ4v) is 1.94. The molecule has 2 aromatic rings. The minimum atomic E-state index is -0.890. The number of halogens is 1. The Morgan fingerprint density at radius 3 is 2.56 bits per heavy atom. The summed E-state index contributed by atoms with van der Waals surface area (Å²) in [6.07, 6.45) is 1.93. The second-order valence-corrected chi connectivity index (χ2v) is 4.79. The van der Waals surface area contributed by atoms with Gasteiger partial charge in [0.2, 0.25) is 0 Å². The summed E-state index contributed by atoms with van der Waals surface area (Å²) in [7, 11) is 0. The van der Waals surface area contributed by atoms with Crippen LogP contribution >= 0.6 is 15.9 Å². The van der Waals surface area contributed by atoms with E-state index in [1.807, 2.05) is 24.3 Å². The van der Waals surface area contributed by atoms with Gasteiger partial charge in [0, 0.05) is 10.7 Å². The fraction of sp³-hybridized carbons (Fsp3) is 0.154. The monoisotopic (exact) mass is 306 g/mol. The van der Waals surface area contributed by atoms with Gasteiger partial charge in [-0.15, -0.1) is 0 Å². The quantitative estimate of drug-likeness (QED) is 0.943. The molecule has 1 unspecified atom stereocenters. The number of aromatic nitrogens is 2. The van der Waals surface area contributed by atoms with Crippen molar-refractivity contribution in [1.82, 2.24) is 10.2 Å². The highest BCUT2D eigenvalue weighted by Crippen LogP contribution is 2.20. The van der Waals surface area contributed by atoms with E-state index in [1.54, 1.807) is 12.1 Å². The summed E-state index contributed by atoms with van der Waals surface area (Å²) in [5, 5.41) is 16.9. The molecule has 5 heteroatoms. The minimum absolute atomic E-state index is 0.404. The van der Waals surface area contributed by atoms with Gasteiger partial charge in [0.15, 0.2) is 0 Å². The molecule has 2 rings (SSSR count). The molecule has 92 valence electrons. The van der Waals surface area contributed by atoms with Crippen molar-refractivity contribution in [3.05, 3.63) is 58.3 Å². The standard InChI is InChI=1S/C13H11BrN2O2/c14-10-5-3-9(4-6-10)8-11(13(17)18)12-2-1-7-15-16-12/h1-7,11H,8H2,(H,17,18). The Morgan fingerprint density at radius 1 is 1.28 bits per heavy atom. The molecule has 1 aromatic carbocycles. The third-order valence-corrected chi connectivity index (χ3v) is 3.13. The lowest BCUT2D eigenvalue weighted by molar-refractivity contribution is -0.138. The molecule has 18 heavy (non-hydrogen) atoms. The number of benzene rings is 1. The molecule has 0 aliphatic heterocycles. The van der Waals surface area contributed by atoms with E-state index in [1.165, 1.54) is 6.20 Å². The first-order valence-corrected chi connectivity index (χ1v) is 6.21. The predicted octanol–water partition coefficient (Wildman–Crippen LogP) is 2.65. The molecule has 0 radical (unpaired) electrons. The Bertz CT molecular complexity index is 528. The van der Waals surface area contributed by atoms with Crippen molar-refractivity contribution in [2.24, 2.45) is 0 Å². The average molecular weight is 307 g/mol. The molecule has 1 aromatic heterocycles. The summed E-state index contributed by atoms with van der Waals surface area (Å²) in [6, 6.07) is 11.0. The molecule has 0 aliphatic rings. The lowest BCUT2D eigenvalue weighted by Gasteiger charge is -2.11. The van der Waals surface area contributed by atoms with Crippen molar-refractivity contribution < 1.29 is 9.90 Å². The van der Waals surface area contributed by atoms with Crippen molar-refractivity contribution >= 4 is 21.9 Å². The molecular formula is C13H11BrN2O2. The molecule has 0 saturated carbocycles. The van der Waals surface area contributed by atoms with Crippen LogP contribution in [0.25, 0.3) is 0 Å². The maximum Gasteiger partial charge on any atom is 0.313 e. The Morgan fingerprint density at radius 2 is 2.00 bits per heavy atom. The lowest BCUT2D eigenvalue weighted by atomic mass is 9.96. The molecule has 1 atom stereocenters. The van der Waals surface area contributed by atoms with Crippen LogP contribution in [0.15, 0.2) is 47.1 Å². The third-order valence-electron chi connectivity index (χ3n) is 2.60. The summed E-state index contributed by atoms with van der Waals surface area (Å²) in [6.45, 7) is 0. The normalized spacial score (nSPS) is 12.1. The molecule has 1 heterocycles. The zero-order chi connectivity index (χ0) is 13.0. The van der Waals surface area contributed by atoms with Gasteiger partial charge < -0.3 is 5.11 Å². The van der Waals surface area contributed by atoms with Gasteiger partial charge in [0.25, 0.3) is 0 Å². The van der Waals surface area contributed by atoms with Crippen molar-refractivity contribution in [3.8, 4) is 0 Å².